The van der Waals surface area contributed by atoms with E-state index in [1.54, 1.807) is 24.4 Å². The van der Waals surface area contributed by atoms with Gasteiger partial charge >= 0.3 is 0 Å². The van der Waals surface area contributed by atoms with Crippen LogP contribution in [0.1, 0.15) is 5.56 Å². The molecule has 1 aromatic heterocycles. The average molecular weight is 391 g/mol. The molecule has 29 heavy (non-hydrogen) atoms. The van der Waals surface area contributed by atoms with E-state index in [2.05, 4.69) is 30.8 Å². The number of nitrogens with zero attached hydrogens (tertiary/aromatic N) is 5. The summed E-state index contributed by atoms with van der Waals surface area (Å²) in [5.41, 5.74) is 4.47. The number of benzene rings is 2. The normalized spacial score (nSPS) is 14.1. The SMILES string of the molecule is Oc1cccc(C=NNc2nc(Nc3ccccc3)nc(N3CCOCC3)n2)c1. The third-order valence-corrected chi connectivity index (χ3v) is 4.20. The van der Waals surface area contributed by atoms with Crippen LogP contribution in [0.25, 0.3) is 0 Å². The van der Waals surface area contributed by atoms with Crippen LogP contribution in [0.3, 0.4) is 0 Å². The molecule has 3 N–H and O–H groups in total. The Balaban J connectivity index is 1.56. The van der Waals surface area contributed by atoms with Crippen molar-refractivity contribution in [3.8, 4) is 5.75 Å². The number of ether oxygens (including phenoxy) is 1. The van der Waals surface area contributed by atoms with Gasteiger partial charge in [-0.1, -0.05) is 30.3 Å². The zero-order valence-corrected chi connectivity index (χ0v) is 15.7. The lowest BCUT2D eigenvalue weighted by Gasteiger charge is -2.27. The maximum Gasteiger partial charge on any atom is 0.250 e. The summed E-state index contributed by atoms with van der Waals surface area (Å²) in [6.45, 7) is 2.68. The summed E-state index contributed by atoms with van der Waals surface area (Å²) in [5, 5.41) is 16.9. The van der Waals surface area contributed by atoms with E-state index in [4.69, 9.17) is 4.74 Å². The second-order valence-electron chi connectivity index (χ2n) is 6.34. The van der Waals surface area contributed by atoms with E-state index in [0.29, 0.717) is 44.1 Å². The minimum absolute atomic E-state index is 0.179. The molecule has 0 unspecified atom stereocenters. The summed E-state index contributed by atoms with van der Waals surface area (Å²) < 4.78 is 5.41. The van der Waals surface area contributed by atoms with Gasteiger partial charge in [0.05, 0.1) is 19.4 Å². The van der Waals surface area contributed by atoms with Crippen molar-refractivity contribution in [1.82, 2.24) is 15.0 Å². The van der Waals surface area contributed by atoms with Crippen molar-refractivity contribution in [3.05, 3.63) is 60.2 Å². The monoisotopic (exact) mass is 391 g/mol. The molecule has 4 rings (SSSR count). The molecular weight excluding hydrogens is 370 g/mol. The van der Waals surface area contributed by atoms with Gasteiger partial charge < -0.3 is 20.1 Å². The molecule has 9 heteroatoms. The quantitative estimate of drug-likeness (QED) is 0.435. The van der Waals surface area contributed by atoms with Gasteiger partial charge in [-0.3, -0.25) is 0 Å². The highest BCUT2D eigenvalue weighted by Gasteiger charge is 2.16. The van der Waals surface area contributed by atoms with Crippen molar-refractivity contribution in [2.75, 3.05) is 41.9 Å². The summed E-state index contributed by atoms with van der Waals surface area (Å²) in [6, 6.07) is 16.5. The first-order chi connectivity index (χ1) is 14.3. The van der Waals surface area contributed by atoms with Crippen molar-refractivity contribution in [2.24, 2.45) is 5.10 Å². The third kappa shape index (κ3) is 5.17. The highest BCUT2D eigenvalue weighted by atomic mass is 16.5. The number of rotatable bonds is 6. The van der Waals surface area contributed by atoms with Crippen LogP contribution >= 0.6 is 0 Å². The van der Waals surface area contributed by atoms with Crippen LogP contribution in [-0.4, -0.2) is 52.6 Å². The average Bonchev–Trinajstić information content (AvgIpc) is 2.75. The lowest BCUT2D eigenvalue weighted by atomic mass is 10.2. The van der Waals surface area contributed by atoms with Crippen LogP contribution in [-0.2, 0) is 4.74 Å². The first-order valence-corrected chi connectivity index (χ1v) is 9.25. The van der Waals surface area contributed by atoms with E-state index < -0.39 is 0 Å². The number of aromatic nitrogens is 3. The fraction of sp³-hybridized carbons (Fsp3) is 0.200. The topological polar surface area (TPSA) is 108 Å². The number of morpholine rings is 1. The van der Waals surface area contributed by atoms with Crippen molar-refractivity contribution in [3.63, 3.8) is 0 Å². The van der Waals surface area contributed by atoms with E-state index in [-0.39, 0.29) is 5.75 Å². The van der Waals surface area contributed by atoms with Gasteiger partial charge in [-0.15, -0.1) is 0 Å². The Morgan fingerprint density at radius 3 is 2.55 bits per heavy atom. The molecule has 2 heterocycles. The third-order valence-electron chi connectivity index (χ3n) is 4.20. The number of hydrogen-bond acceptors (Lipinski definition) is 9. The van der Waals surface area contributed by atoms with E-state index in [0.717, 1.165) is 11.3 Å². The first-order valence-electron chi connectivity index (χ1n) is 9.25. The Morgan fingerprint density at radius 2 is 1.76 bits per heavy atom. The summed E-state index contributed by atoms with van der Waals surface area (Å²) >= 11 is 0. The molecule has 0 spiro atoms. The lowest BCUT2D eigenvalue weighted by molar-refractivity contribution is 0.122. The molecule has 0 bridgehead atoms. The molecule has 3 aromatic rings. The number of phenolic OH excluding ortho intramolecular Hbond substituents is 1. The Hall–Kier alpha value is -3.72. The van der Waals surface area contributed by atoms with Crippen molar-refractivity contribution < 1.29 is 9.84 Å². The number of aromatic hydroxyl groups is 1. The zero-order valence-electron chi connectivity index (χ0n) is 15.7. The Labute approximate surface area is 168 Å². The van der Waals surface area contributed by atoms with Crippen LogP contribution in [0.2, 0.25) is 0 Å². The molecule has 148 valence electrons. The van der Waals surface area contributed by atoms with E-state index in [9.17, 15) is 5.11 Å². The molecule has 1 aliphatic rings. The molecule has 9 nitrogen and oxygen atoms in total. The number of nitrogens with one attached hydrogen (secondary N) is 2. The molecule has 0 aliphatic carbocycles. The standard InChI is InChI=1S/C20H21N7O2/c28-17-8-4-5-15(13-17)14-21-26-19-23-18(22-16-6-2-1-3-7-16)24-20(25-19)27-9-11-29-12-10-27/h1-8,13-14,28H,9-12H2,(H2,22,23,24,25,26). The Bertz CT molecular complexity index is 976. The molecule has 0 radical (unpaired) electrons. The Kier molecular flexibility index (Phi) is 5.77. The number of phenols is 1. The van der Waals surface area contributed by atoms with Gasteiger partial charge in [0.1, 0.15) is 5.75 Å². The van der Waals surface area contributed by atoms with Crippen molar-refractivity contribution in [2.45, 2.75) is 0 Å². The van der Waals surface area contributed by atoms with Gasteiger partial charge in [0, 0.05) is 18.8 Å². The fourth-order valence-corrected chi connectivity index (χ4v) is 2.80. The van der Waals surface area contributed by atoms with Crippen molar-refractivity contribution >= 4 is 29.7 Å². The highest BCUT2D eigenvalue weighted by Crippen LogP contribution is 2.18. The van der Waals surface area contributed by atoms with E-state index in [1.807, 2.05) is 41.3 Å². The zero-order chi connectivity index (χ0) is 19.9. The molecule has 2 aromatic carbocycles. The van der Waals surface area contributed by atoms with Gasteiger partial charge in [0.25, 0.3) is 0 Å². The molecule has 1 aliphatic heterocycles. The second kappa shape index (κ2) is 8.98. The maximum atomic E-state index is 9.55. The number of anilines is 4. The molecule has 0 atom stereocenters. The van der Waals surface area contributed by atoms with Gasteiger partial charge in [-0.05, 0) is 29.8 Å². The summed E-state index contributed by atoms with van der Waals surface area (Å²) in [6.07, 6.45) is 1.59. The molecule has 0 amide bonds. The molecule has 0 saturated carbocycles. The summed E-state index contributed by atoms with van der Waals surface area (Å²) in [4.78, 5) is 15.5. The van der Waals surface area contributed by atoms with Crippen LogP contribution < -0.4 is 15.6 Å². The van der Waals surface area contributed by atoms with Crippen LogP contribution in [0.15, 0.2) is 59.7 Å². The highest BCUT2D eigenvalue weighted by molar-refractivity contribution is 5.80. The van der Waals surface area contributed by atoms with Gasteiger partial charge in [0.2, 0.25) is 17.8 Å². The first kappa shape index (κ1) is 18.6. The van der Waals surface area contributed by atoms with Crippen LogP contribution in [0.5, 0.6) is 5.75 Å². The molecule has 1 saturated heterocycles. The van der Waals surface area contributed by atoms with Gasteiger partial charge in [0.15, 0.2) is 0 Å². The Morgan fingerprint density at radius 1 is 0.966 bits per heavy atom. The molecular formula is C20H21N7O2. The smallest absolute Gasteiger partial charge is 0.250 e. The lowest BCUT2D eigenvalue weighted by Crippen LogP contribution is -2.37. The molecule has 1 fully saturated rings. The van der Waals surface area contributed by atoms with Gasteiger partial charge in [-0.25, -0.2) is 5.43 Å². The summed E-state index contributed by atoms with van der Waals surface area (Å²) in [5.74, 6) is 1.47. The number of hydrogen-bond donors (Lipinski definition) is 3. The van der Waals surface area contributed by atoms with E-state index in [1.165, 1.54) is 0 Å². The number of para-hydroxylation sites is 1. The second-order valence-corrected chi connectivity index (χ2v) is 6.34. The van der Waals surface area contributed by atoms with Crippen LogP contribution in [0, 0.1) is 0 Å². The fourth-order valence-electron chi connectivity index (χ4n) is 2.80. The minimum Gasteiger partial charge on any atom is -0.508 e. The summed E-state index contributed by atoms with van der Waals surface area (Å²) in [7, 11) is 0. The van der Waals surface area contributed by atoms with Crippen molar-refractivity contribution in [1.29, 1.82) is 0 Å². The van der Waals surface area contributed by atoms with Crippen LogP contribution in [0.4, 0.5) is 23.5 Å². The minimum atomic E-state index is 0.179. The number of hydrazone groups is 1. The van der Waals surface area contributed by atoms with E-state index >= 15 is 0 Å². The predicted molar refractivity (Wildman–Crippen MR) is 112 cm³/mol. The maximum absolute atomic E-state index is 9.55. The predicted octanol–water partition coefficient (Wildman–Crippen LogP) is 2.60. The van der Waals surface area contributed by atoms with Gasteiger partial charge in [-0.2, -0.15) is 20.1 Å². The largest absolute Gasteiger partial charge is 0.508 e.